The third-order valence-corrected chi connectivity index (χ3v) is 3.36. The zero-order chi connectivity index (χ0) is 15.8. The van der Waals surface area contributed by atoms with Crippen molar-refractivity contribution in [3.8, 4) is 11.5 Å². The van der Waals surface area contributed by atoms with Crippen molar-refractivity contribution < 1.29 is 9.53 Å². The smallest absolute Gasteiger partial charge is 0.257 e. The van der Waals surface area contributed by atoms with E-state index in [0.717, 1.165) is 31.7 Å². The van der Waals surface area contributed by atoms with Crippen molar-refractivity contribution in [1.82, 2.24) is 4.90 Å². The van der Waals surface area contributed by atoms with Crippen LogP contribution in [0.5, 0.6) is 11.5 Å². The molecule has 0 aromatic heterocycles. The molecule has 2 aromatic rings. The summed E-state index contributed by atoms with van der Waals surface area (Å²) in [7, 11) is 0. The molecule has 0 saturated carbocycles. The monoisotopic (exact) mass is 297 g/mol. The second-order valence-electron chi connectivity index (χ2n) is 5.20. The Kier molecular flexibility index (Phi) is 6.01. The molecule has 0 unspecified atom stereocenters. The van der Waals surface area contributed by atoms with Crippen LogP contribution in [0.15, 0.2) is 54.6 Å². The molecule has 0 atom stereocenters. The summed E-state index contributed by atoms with van der Waals surface area (Å²) < 4.78 is 5.89. The Morgan fingerprint density at radius 2 is 1.50 bits per heavy atom. The van der Waals surface area contributed by atoms with Crippen molar-refractivity contribution in [3.63, 3.8) is 0 Å². The lowest BCUT2D eigenvalue weighted by Gasteiger charge is -2.22. The SMILES string of the molecule is CCCN(CCC)C(=O)c1ccccc1Oc1ccccc1. The van der Waals surface area contributed by atoms with Crippen LogP contribution in [0.1, 0.15) is 37.0 Å². The van der Waals surface area contributed by atoms with Gasteiger partial charge < -0.3 is 9.64 Å². The van der Waals surface area contributed by atoms with Crippen molar-refractivity contribution in [2.45, 2.75) is 26.7 Å². The van der Waals surface area contributed by atoms with Gasteiger partial charge in [-0.15, -0.1) is 0 Å². The van der Waals surface area contributed by atoms with Gasteiger partial charge in [-0.1, -0.05) is 44.2 Å². The Hall–Kier alpha value is -2.29. The molecular weight excluding hydrogens is 274 g/mol. The van der Waals surface area contributed by atoms with Gasteiger partial charge in [0.1, 0.15) is 11.5 Å². The Morgan fingerprint density at radius 1 is 0.909 bits per heavy atom. The Bertz CT molecular complexity index is 589. The molecule has 0 aliphatic carbocycles. The van der Waals surface area contributed by atoms with E-state index in [0.29, 0.717) is 11.3 Å². The minimum atomic E-state index is 0.0373. The standard InChI is InChI=1S/C19H23NO2/c1-3-14-20(15-4-2)19(21)17-12-8-9-13-18(17)22-16-10-6-5-7-11-16/h5-13H,3-4,14-15H2,1-2H3. The highest BCUT2D eigenvalue weighted by Crippen LogP contribution is 2.26. The van der Waals surface area contributed by atoms with E-state index < -0.39 is 0 Å². The summed E-state index contributed by atoms with van der Waals surface area (Å²) in [6.07, 6.45) is 1.90. The number of hydrogen-bond donors (Lipinski definition) is 0. The van der Waals surface area contributed by atoms with Crippen LogP contribution in [0.2, 0.25) is 0 Å². The molecule has 0 bridgehead atoms. The fraction of sp³-hybridized carbons (Fsp3) is 0.316. The first-order valence-corrected chi connectivity index (χ1v) is 7.87. The fourth-order valence-corrected chi connectivity index (χ4v) is 2.37. The zero-order valence-electron chi connectivity index (χ0n) is 13.3. The molecule has 0 radical (unpaired) electrons. The molecule has 116 valence electrons. The van der Waals surface area contributed by atoms with Gasteiger partial charge in [0.25, 0.3) is 5.91 Å². The first-order chi connectivity index (χ1) is 10.8. The quantitative estimate of drug-likeness (QED) is 0.738. The summed E-state index contributed by atoms with van der Waals surface area (Å²) >= 11 is 0. The molecule has 2 rings (SSSR count). The lowest BCUT2D eigenvalue weighted by molar-refractivity contribution is 0.0753. The molecule has 0 heterocycles. The van der Waals surface area contributed by atoms with Crippen LogP contribution in [-0.2, 0) is 0 Å². The molecule has 0 saturated heterocycles. The van der Waals surface area contributed by atoms with Crippen LogP contribution in [0.3, 0.4) is 0 Å². The van der Waals surface area contributed by atoms with Crippen molar-refractivity contribution in [2.24, 2.45) is 0 Å². The molecule has 0 fully saturated rings. The minimum absolute atomic E-state index is 0.0373. The van der Waals surface area contributed by atoms with Gasteiger partial charge in [0.2, 0.25) is 0 Å². The first kappa shape index (κ1) is 16.1. The zero-order valence-corrected chi connectivity index (χ0v) is 13.3. The number of ether oxygens (including phenoxy) is 1. The molecule has 1 amide bonds. The van der Waals surface area contributed by atoms with Gasteiger partial charge in [0, 0.05) is 13.1 Å². The summed E-state index contributed by atoms with van der Waals surface area (Å²) in [5, 5.41) is 0. The van der Waals surface area contributed by atoms with E-state index in [-0.39, 0.29) is 5.91 Å². The third kappa shape index (κ3) is 4.10. The van der Waals surface area contributed by atoms with Gasteiger partial charge in [-0.25, -0.2) is 0 Å². The van der Waals surface area contributed by atoms with Crippen LogP contribution >= 0.6 is 0 Å². The maximum Gasteiger partial charge on any atom is 0.257 e. The lowest BCUT2D eigenvalue weighted by atomic mass is 10.1. The van der Waals surface area contributed by atoms with Crippen LogP contribution in [-0.4, -0.2) is 23.9 Å². The van der Waals surface area contributed by atoms with Crippen molar-refractivity contribution >= 4 is 5.91 Å². The van der Waals surface area contributed by atoms with Gasteiger partial charge in [0.05, 0.1) is 5.56 Å². The highest BCUT2D eigenvalue weighted by atomic mass is 16.5. The predicted octanol–water partition coefficient (Wildman–Crippen LogP) is 4.74. The van der Waals surface area contributed by atoms with Gasteiger partial charge in [0.15, 0.2) is 0 Å². The highest BCUT2D eigenvalue weighted by molar-refractivity contribution is 5.97. The number of hydrogen-bond acceptors (Lipinski definition) is 2. The molecule has 0 N–H and O–H groups in total. The summed E-state index contributed by atoms with van der Waals surface area (Å²) in [4.78, 5) is 14.7. The second kappa shape index (κ2) is 8.23. The summed E-state index contributed by atoms with van der Waals surface area (Å²) in [6, 6.07) is 17.0. The lowest BCUT2D eigenvalue weighted by Crippen LogP contribution is -2.32. The maximum absolute atomic E-state index is 12.8. The van der Waals surface area contributed by atoms with E-state index >= 15 is 0 Å². The number of rotatable bonds is 7. The topological polar surface area (TPSA) is 29.5 Å². The Balaban J connectivity index is 2.25. The van der Waals surface area contributed by atoms with Gasteiger partial charge in [-0.2, -0.15) is 0 Å². The number of carbonyl (C=O) groups excluding carboxylic acids is 1. The van der Waals surface area contributed by atoms with Gasteiger partial charge in [-0.05, 0) is 37.1 Å². The average molecular weight is 297 g/mol. The normalized spacial score (nSPS) is 10.3. The molecular formula is C19H23NO2. The van der Waals surface area contributed by atoms with E-state index in [2.05, 4.69) is 13.8 Å². The van der Waals surface area contributed by atoms with Crippen molar-refractivity contribution in [2.75, 3.05) is 13.1 Å². The second-order valence-corrected chi connectivity index (χ2v) is 5.20. The number of carbonyl (C=O) groups is 1. The van der Waals surface area contributed by atoms with Crippen LogP contribution in [0, 0.1) is 0 Å². The van der Waals surface area contributed by atoms with Crippen molar-refractivity contribution in [3.05, 3.63) is 60.2 Å². The molecule has 3 nitrogen and oxygen atoms in total. The Labute approximate surface area is 132 Å². The van der Waals surface area contributed by atoms with Gasteiger partial charge in [-0.3, -0.25) is 4.79 Å². The molecule has 3 heteroatoms. The van der Waals surface area contributed by atoms with Crippen LogP contribution in [0.4, 0.5) is 0 Å². The summed E-state index contributed by atoms with van der Waals surface area (Å²) in [6.45, 7) is 5.71. The largest absolute Gasteiger partial charge is 0.457 e. The average Bonchev–Trinajstić information content (AvgIpc) is 2.55. The number of benzene rings is 2. The molecule has 22 heavy (non-hydrogen) atoms. The predicted molar refractivity (Wildman–Crippen MR) is 89.4 cm³/mol. The number of nitrogens with zero attached hydrogens (tertiary/aromatic N) is 1. The van der Waals surface area contributed by atoms with E-state index in [1.54, 1.807) is 0 Å². The maximum atomic E-state index is 12.8. The molecule has 0 aliphatic heterocycles. The molecule has 2 aromatic carbocycles. The Morgan fingerprint density at radius 3 is 2.14 bits per heavy atom. The van der Waals surface area contributed by atoms with Crippen molar-refractivity contribution in [1.29, 1.82) is 0 Å². The van der Waals surface area contributed by atoms with E-state index in [1.807, 2.05) is 59.5 Å². The van der Waals surface area contributed by atoms with E-state index in [4.69, 9.17) is 4.74 Å². The van der Waals surface area contributed by atoms with Gasteiger partial charge >= 0.3 is 0 Å². The fourth-order valence-electron chi connectivity index (χ4n) is 2.37. The van der Waals surface area contributed by atoms with E-state index in [9.17, 15) is 4.79 Å². The third-order valence-electron chi connectivity index (χ3n) is 3.36. The summed E-state index contributed by atoms with van der Waals surface area (Å²) in [5.74, 6) is 1.38. The number of amides is 1. The minimum Gasteiger partial charge on any atom is -0.457 e. The van der Waals surface area contributed by atoms with E-state index in [1.165, 1.54) is 0 Å². The highest BCUT2D eigenvalue weighted by Gasteiger charge is 2.18. The number of para-hydroxylation sites is 2. The van der Waals surface area contributed by atoms with Crippen LogP contribution in [0.25, 0.3) is 0 Å². The van der Waals surface area contributed by atoms with Crippen LogP contribution < -0.4 is 4.74 Å². The molecule has 0 spiro atoms. The molecule has 0 aliphatic rings. The first-order valence-electron chi connectivity index (χ1n) is 7.87. The summed E-state index contributed by atoms with van der Waals surface area (Å²) in [5.41, 5.74) is 0.619.